The molecular weight excluding hydrogens is 494 g/mol. The first-order valence-electron chi connectivity index (χ1n) is 10.2. The fourth-order valence-corrected chi connectivity index (χ4v) is 5.93. The second kappa shape index (κ2) is 11.2. The van der Waals surface area contributed by atoms with Crippen LogP contribution in [0.4, 0.5) is 5.13 Å². The number of carbonyl (C=O) groups excluding carboxylic acids is 1. The number of nitrogens with zero attached hydrogens (tertiary/aromatic N) is 4. The molecule has 2 aromatic carbocycles. The molecule has 33 heavy (non-hydrogen) atoms. The van der Waals surface area contributed by atoms with E-state index in [-0.39, 0.29) is 11.7 Å². The summed E-state index contributed by atoms with van der Waals surface area (Å²) in [6.07, 6.45) is 0. The van der Waals surface area contributed by atoms with Crippen LogP contribution in [0.1, 0.15) is 16.3 Å². The molecule has 0 spiro atoms. The van der Waals surface area contributed by atoms with E-state index < -0.39 is 0 Å². The van der Waals surface area contributed by atoms with E-state index in [1.807, 2.05) is 73.1 Å². The van der Waals surface area contributed by atoms with E-state index in [1.165, 1.54) is 23.1 Å². The van der Waals surface area contributed by atoms with Crippen molar-refractivity contribution in [2.75, 3.05) is 11.1 Å². The van der Waals surface area contributed by atoms with Gasteiger partial charge < -0.3 is 9.88 Å². The number of hydrogen-bond donors (Lipinski definition) is 1. The van der Waals surface area contributed by atoms with Gasteiger partial charge in [-0.3, -0.25) is 4.79 Å². The molecule has 0 radical (unpaired) electrons. The first-order chi connectivity index (χ1) is 16.0. The summed E-state index contributed by atoms with van der Waals surface area (Å²) in [6.45, 7) is 2.01. The number of nitrogens with one attached hydrogen (secondary N) is 1. The number of thioether (sulfide) groups is 2. The van der Waals surface area contributed by atoms with Crippen molar-refractivity contribution >= 4 is 57.5 Å². The molecule has 2 aromatic heterocycles. The molecule has 0 fully saturated rings. The molecular formula is C23H22ClN5OS3. The highest BCUT2D eigenvalue weighted by molar-refractivity contribution is 7.99. The third-order valence-corrected chi connectivity index (χ3v) is 8.05. The van der Waals surface area contributed by atoms with Gasteiger partial charge in [0, 0.05) is 28.3 Å². The van der Waals surface area contributed by atoms with Gasteiger partial charge in [-0.25, -0.2) is 4.98 Å². The maximum absolute atomic E-state index is 12.5. The Bertz CT molecular complexity index is 1240. The molecule has 0 atom stereocenters. The number of amides is 1. The van der Waals surface area contributed by atoms with Gasteiger partial charge in [-0.2, -0.15) is 0 Å². The summed E-state index contributed by atoms with van der Waals surface area (Å²) < 4.78 is 1.93. The lowest BCUT2D eigenvalue weighted by Crippen LogP contribution is -2.14. The molecule has 10 heteroatoms. The molecule has 0 unspecified atom stereocenters. The van der Waals surface area contributed by atoms with Crippen molar-refractivity contribution in [1.29, 1.82) is 0 Å². The Balaban J connectivity index is 1.28. The van der Waals surface area contributed by atoms with E-state index in [9.17, 15) is 4.79 Å². The molecule has 1 N–H and O–H groups in total. The fourth-order valence-electron chi connectivity index (χ4n) is 3.06. The average molecular weight is 516 g/mol. The largest absolute Gasteiger partial charge is 0.308 e. The first-order valence-corrected chi connectivity index (χ1v) is 13.5. The predicted molar refractivity (Wildman–Crippen MR) is 139 cm³/mol. The van der Waals surface area contributed by atoms with Crippen LogP contribution in [-0.2, 0) is 23.3 Å². The van der Waals surface area contributed by atoms with Gasteiger partial charge in [0.25, 0.3) is 0 Å². The molecule has 0 aliphatic carbocycles. The molecule has 4 rings (SSSR count). The topological polar surface area (TPSA) is 72.7 Å². The fraction of sp³-hybridized carbons (Fsp3) is 0.217. The molecule has 2 heterocycles. The van der Waals surface area contributed by atoms with E-state index in [4.69, 9.17) is 11.6 Å². The number of carbonyl (C=O) groups is 1. The van der Waals surface area contributed by atoms with Crippen molar-refractivity contribution in [3.63, 3.8) is 0 Å². The summed E-state index contributed by atoms with van der Waals surface area (Å²) in [4.78, 5) is 18.1. The first kappa shape index (κ1) is 23.8. The molecule has 6 nitrogen and oxygen atoms in total. The van der Waals surface area contributed by atoms with Crippen LogP contribution in [0.15, 0.2) is 59.8 Å². The van der Waals surface area contributed by atoms with Crippen molar-refractivity contribution in [3.05, 3.63) is 75.9 Å². The van der Waals surface area contributed by atoms with Crippen LogP contribution in [-0.4, -0.2) is 31.4 Å². The van der Waals surface area contributed by atoms with E-state index in [0.717, 1.165) is 38.3 Å². The minimum Gasteiger partial charge on any atom is -0.308 e. The van der Waals surface area contributed by atoms with Gasteiger partial charge >= 0.3 is 0 Å². The second-order valence-corrected chi connectivity index (χ2v) is 10.7. The molecule has 0 aliphatic heterocycles. The SMILES string of the molecule is Cc1sc(NC(=O)CSc2nnc(CSCc3ccccc3Cl)n2C)nc1-c1ccccc1. The van der Waals surface area contributed by atoms with Gasteiger partial charge in [0.15, 0.2) is 10.3 Å². The maximum Gasteiger partial charge on any atom is 0.236 e. The van der Waals surface area contributed by atoms with Crippen LogP contribution in [0.2, 0.25) is 5.02 Å². The van der Waals surface area contributed by atoms with Gasteiger partial charge in [-0.15, -0.1) is 33.3 Å². The zero-order chi connectivity index (χ0) is 23.2. The zero-order valence-electron chi connectivity index (χ0n) is 18.1. The van der Waals surface area contributed by atoms with Crippen LogP contribution >= 0.6 is 46.5 Å². The van der Waals surface area contributed by atoms with Crippen molar-refractivity contribution in [2.45, 2.75) is 23.6 Å². The summed E-state index contributed by atoms with van der Waals surface area (Å²) in [6, 6.07) is 17.8. The Morgan fingerprint density at radius 1 is 1.09 bits per heavy atom. The molecule has 0 aliphatic rings. The molecule has 4 aromatic rings. The molecule has 0 bridgehead atoms. The van der Waals surface area contributed by atoms with Crippen molar-refractivity contribution in [2.24, 2.45) is 7.05 Å². The smallest absolute Gasteiger partial charge is 0.236 e. The molecule has 0 saturated heterocycles. The van der Waals surface area contributed by atoms with E-state index in [2.05, 4.69) is 20.5 Å². The van der Waals surface area contributed by atoms with E-state index in [0.29, 0.717) is 16.0 Å². The van der Waals surface area contributed by atoms with Crippen molar-refractivity contribution in [3.8, 4) is 11.3 Å². The number of rotatable bonds is 9. The third kappa shape index (κ3) is 6.17. The van der Waals surface area contributed by atoms with E-state index >= 15 is 0 Å². The average Bonchev–Trinajstić information content (AvgIpc) is 3.36. The Morgan fingerprint density at radius 3 is 2.64 bits per heavy atom. The molecule has 1 amide bonds. The van der Waals surface area contributed by atoms with Gasteiger partial charge in [0.05, 0.1) is 17.2 Å². The van der Waals surface area contributed by atoms with E-state index in [1.54, 1.807) is 11.8 Å². The summed E-state index contributed by atoms with van der Waals surface area (Å²) in [5, 5.41) is 13.5. The van der Waals surface area contributed by atoms with Crippen LogP contribution in [0.3, 0.4) is 0 Å². The quantitative estimate of drug-likeness (QED) is 0.273. The highest BCUT2D eigenvalue weighted by Crippen LogP contribution is 2.30. The molecule has 170 valence electrons. The van der Waals surface area contributed by atoms with Gasteiger partial charge in [-0.1, -0.05) is 71.9 Å². The van der Waals surface area contributed by atoms with Crippen LogP contribution in [0.5, 0.6) is 0 Å². The lowest BCUT2D eigenvalue weighted by atomic mass is 10.1. The monoisotopic (exact) mass is 515 g/mol. The highest BCUT2D eigenvalue weighted by Gasteiger charge is 2.15. The lowest BCUT2D eigenvalue weighted by Gasteiger charge is -2.05. The van der Waals surface area contributed by atoms with Crippen LogP contribution < -0.4 is 5.32 Å². The normalized spacial score (nSPS) is 11.0. The Kier molecular flexibility index (Phi) is 8.08. The number of halogens is 1. The van der Waals surface area contributed by atoms with Gasteiger partial charge in [0.2, 0.25) is 5.91 Å². The minimum atomic E-state index is -0.119. The maximum atomic E-state index is 12.5. The number of aryl methyl sites for hydroxylation is 1. The van der Waals surface area contributed by atoms with Crippen molar-refractivity contribution in [1.82, 2.24) is 19.7 Å². The van der Waals surface area contributed by atoms with Crippen molar-refractivity contribution < 1.29 is 4.79 Å². The summed E-state index contributed by atoms with van der Waals surface area (Å²) in [5.74, 6) is 2.49. The Hall–Kier alpha value is -2.33. The van der Waals surface area contributed by atoms with Gasteiger partial charge in [0.1, 0.15) is 5.82 Å². The molecule has 0 saturated carbocycles. The number of aromatic nitrogens is 4. The number of thiazole rings is 1. The summed E-state index contributed by atoms with van der Waals surface area (Å²) in [5.41, 5.74) is 3.04. The van der Waals surface area contributed by atoms with Crippen LogP contribution in [0.25, 0.3) is 11.3 Å². The summed E-state index contributed by atoms with van der Waals surface area (Å²) in [7, 11) is 1.92. The standard InChI is InChI=1S/C23H22ClN5OS3/c1-15-21(16-8-4-3-5-9-16)26-22(33-15)25-20(30)14-32-23-28-27-19(29(23)2)13-31-12-17-10-6-7-11-18(17)24/h3-11H,12-14H2,1-2H3,(H,25,26,30). The lowest BCUT2D eigenvalue weighted by molar-refractivity contribution is -0.113. The highest BCUT2D eigenvalue weighted by atomic mass is 35.5. The second-order valence-electron chi connectivity index (χ2n) is 7.17. The summed E-state index contributed by atoms with van der Waals surface area (Å²) >= 11 is 10.8. The van der Waals surface area contributed by atoms with Crippen LogP contribution in [0, 0.1) is 6.92 Å². The minimum absolute atomic E-state index is 0.119. The zero-order valence-corrected chi connectivity index (χ0v) is 21.3. The third-order valence-electron chi connectivity index (χ3n) is 4.79. The number of benzene rings is 2. The predicted octanol–water partition coefficient (Wildman–Crippen LogP) is 6.06. The number of anilines is 1. The Morgan fingerprint density at radius 2 is 1.85 bits per heavy atom. The Labute approximate surface area is 210 Å². The van der Waals surface area contributed by atoms with Gasteiger partial charge in [-0.05, 0) is 18.6 Å². The number of hydrogen-bond acceptors (Lipinski definition) is 7.